The van der Waals surface area contributed by atoms with Crippen LogP contribution in [0.3, 0.4) is 0 Å². The van der Waals surface area contributed by atoms with Crippen molar-refractivity contribution in [1.82, 2.24) is 5.32 Å². The number of carboxylic acids is 1. The number of aliphatic carboxylic acids is 1. The average Bonchev–Trinajstić information content (AvgIpc) is 2.58. The summed E-state index contributed by atoms with van der Waals surface area (Å²) in [7, 11) is 0. The van der Waals surface area contributed by atoms with Gasteiger partial charge in [-0.3, -0.25) is 9.59 Å². The highest BCUT2D eigenvalue weighted by Crippen LogP contribution is 2.13. The lowest BCUT2D eigenvalue weighted by molar-refractivity contribution is -0.142. The van der Waals surface area contributed by atoms with Crippen LogP contribution in [0.2, 0.25) is 0 Å². The summed E-state index contributed by atoms with van der Waals surface area (Å²) < 4.78 is 0. The topological polar surface area (TPSA) is 83.5 Å². The number of hydrogen-bond donors (Lipinski definition) is 2. The van der Waals surface area contributed by atoms with Gasteiger partial charge in [-0.2, -0.15) is 0 Å². The summed E-state index contributed by atoms with van der Waals surface area (Å²) >= 11 is 0. The lowest BCUT2D eigenvalue weighted by Crippen LogP contribution is -2.33. The zero-order valence-electron chi connectivity index (χ0n) is 13.4. The first-order valence-electron chi connectivity index (χ1n) is 7.64. The third-order valence-corrected chi connectivity index (χ3v) is 3.64. The molecule has 0 aliphatic rings. The molecule has 1 atom stereocenters. The Hall–Kier alpha value is -2.95. The molecule has 0 spiro atoms. The average molecular weight is 325 g/mol. The van der Waals surface area contributed by atoms with E-state index in [1.54, 1.807) is 42.5 Å². The number of ketones is 1. The fourth-order valence-electron chi connectivity index (χ4n) is 2.28. The fraction of sp³-hybridized carbons (Fsp3) is 0.211. The van der Waals surface area contributed by atoms with Crippen LogP contribution in [0.25, 0.3) is 0 Å². The molecule has 124 valence electrons. The summed E-state index contributed by atoms with van der Waals surface area (Å²) in [6.07, 6.45) is -0.0145. The van der Waals surface area contributed by atoms with E-state index in [0.29, 0.717) is 11.1 Å². The standard InChI is InChI=1S/C19H19NO4/c1-13-7-9-14(10-8-13)16(21)11-12-17(22)20-18(19(23)24)15-5-3-2-4-6-15/h2-10,18H,11-12H2,1H3,(H,20,22)(H,23,24). The molecule has 0 saturated carbocycles. The van der Waals surface area contributed by atoms with Crippen LogP contribution in [0.15, 0.2) is 54.6 Å². The molecule has 0 aliphatic carbocycles. The van der Waals surface area contributed by atoms with Gasteiger partial charge in [-0.1, -0.05) is 60.2 Å². The molecule has 5 nitrogen and oxygen atoms in total. The fourth-order valence-corrected chi connectivity index (χ4v) is 2.28. The molecular weight excluding hydrogens is 306 g/mol. The molecule has 0 bridgehead atoms. The van der Waals surface area contributed by atoms with Crippen molar-refractivity contribution >= 4 is 17.7 Å². The Morgan fingerprint density at radius 1 is 0.958 bits per heavy atom. The lowest BCUT2D eigenvalue weighted by Gasteiger charge is -2.14. The smallest absolute Gasteiger partial charge is 0.330 e. The Balaban J connectivity index is 1.93. The first-order valence-corrected chi connectivity index (χ1v) is 7.64. The Morgan fingerprint density at radius 3 is 2.17 bits per heavy atom. The second-order valence-electron chi connectivity index (χ2n) is 5.54. The number of amides is 1. The number of aryl methyl sites for hydroxylation is 1. The predicted octanol–water partition coefficient (Wildman–Crippen LogP) is 2.90. The number of hydrogen-bond acceptors (Lipinski definition) is 3. The summed E-state index contributed by atoms with van der Waals surface area (Å²) in [5, 5.41) is 11.7. The molecule has 0 aromatic heterocycles. The maximum Gasteiger partial charge on any atom is 0.330 e. The van der Waals surface area contributed by atoms with Crippen LogP contribution in [-0.2, 0) is 9.59 Å². The van der Waals surface area contributed by atoms with Crippen molar-refractivity contribution in [3.05, 3.63) is 71.3 Å². The van der Waals surface area contributed by atoms with Gasteiger partial charge in [0.05, 0.1) is 0 Å². The Kier molecular flexibility index (Phi) is 5.84. The van der Waals surface area contributed by atoms with Crippen molar-refractivity contribution in [3.8, 4) is 0 Å². The minimum absolute atomic E-state index is 0.0377. The van der Waals surface area contributed by atoms with Gasteiger partial charge in [-0.05, 0) is 12.5 Å². The molecule has 2 aromatic rings. The minimum atomic E-state index is -1.14. The molecular formula is C19H19NO4. The molecule has 2 aromatic carbocycles. The van der Waals surface area contributed by atoms with Gasteiger partial charge in [-0.15, -0.1) is 0 Å². The summed E-state index contributed by atoms with van der Waals surface area (Å²) in [6, 6.07) is 14.5. The number of Topliss-reactive ketones (excluding diaryl/α,β-unsaturated/α-hetero) is 1. The maximum absolute atomic E-state index is 12.1. The lowest BCUT2D eigenvalue weighted by atomic mass is 10.0. The number of benzene rings is 2. The molecule has 1 unspecified atom stereocenters. The van der Waals surface area contributed by atoms with E-state index in [4.69, 9.17) is 0 Å². The van der Waals surface area contributed by atoms with Crippen LogP contribution in [0.1, 0.15) is 40.4 Å². The van der Waals surface area contributed by atoms with E-state index in [0.717, 1.165) is 5.56 Å². The quantitative estimate of drug-likeness (QED) is 0.767. The van der Waals surface area contributed by atoms with Gasteiger partial charge in [0.25, 0.3) is 0 Å². The van der Waals surface area contributed by atoms with Crippen LogP contribution < -0.4 is 5.32 Å². The van der Waals surface area contributed by atoms with Crippen LogP contribution in [0.5, 0.6) is 0 Å². The number of carboxylic acid groups (broad SMARTS) is 1. The van der Waals surface area contributed by atoms with Crippen molar-refractivity contribution in [2.45, 2.75) is 25.8 Å². The van der Waals surface area contributed by atoms with Crippen molar-refractivity contribution in [3.63, 3.8) is 0 Å². The predicted molar refractivity (Wildman–Crippen MR) is 89.7 cm³/mol. The van der Waals surface area contributed by atoms with E-state index in [-0.39, 0.29) is 18.6 Å². The van der Waals surface area contributed by atoms with Crippen molar-refractivity contribution in [2.24, 2.45) is 0 Å². The molecule has 0 saturated heterocycles. The monoisotopic (exact) mass is 325 g/mol. The molecule has 5 heteroatoms. The van der Waals surface area contributed by atoms with Gasteiger partial charge in [0.2, 0.25) is 5.91 Å². The van der Waals surface area contributed by atoms with Gasteiger partial charge >= 0.3 is 5.97 Å². The van der Waals surface area contributed by atoms with E-state index in [1.807, 2.05) is 19.1 Å². The molecule has 2 rings (SSSR count). The Labute approximate surface area is 140 Å². The zero-order valence-corrected chi connectivity index (χ0v) is 13.4. The van der Waals surface area contributed by atoms with Crippen LogP contribution in [-0.4, -0.2) is 22.8 Å². The first kappa shape index (κ1) is 17.4. The number of nitrogens with one attached hydrogen (secondary N) is 1. The second-order valence-corrected chi connectivity index (χ2v) is 5.54. The number of carbonyl (C=O) groups is 3. The van der Waals surface area contributed by atoms with Crippen molar-refractivity contribution in [2.75, 3.05) is 0 Å². The highest BCUT2D eigenvalue weighted by Gasteiger charge is 2.22. The van der Waals surface area contributed by atoms with Crippen molar-refractivity contribution in [1.29, 1.82) is 0 Å². The van der Waals surface area contributed by atoms with Gasteiger partial charge < -0.3 is 10.4 Å². The summed E-state index contributed by atoms with van der Waals surface area (Å²) in [6.45, 7) is 1.93. The molecule has 2 N–H and O–H groups in total. The molecule has 0 heterocycles. The molecule has 1 amide bonds. The molecule has 0 aliphatic heterocycles. The van der Waals surface area contributed by atoms with Crippen LogP contribution >= 0.6 is 0 Å². The van der Waals surface area contributed by atoms with E-state index >= 15 is 0 Å². The van der Waals surface area contributed by atoms with Crippen LogP contribution in [0.4, 0.5) is 0 Å². The summed E-state index contributed by atoms with van der Waals surface area (Å²) in [5.74, 6) is -1.75. The van der Waals surface area contributed by atoms with E-state index in [2.05, 4.69) is 5.32 Å². The molecule has 24 heavy (non-hydrogen) atoms. The molecule has 0 radical (unpaired) electrons. The largest absolute Gasteiger partial charge is 0.479 e. The van der Waals surface area contributed by atoms with E-state index < -0.39 is 17.9 Å². The van der Waals surface area contributed by atoms with Gasteiger partial charge in [-0.25, -0.2) is 4.79 Å². The van der Waals surface area contributed by atoms with Gasteiger partial charge in [0.15, 0.2) is 11.8 Å². The van der Waals surface area contributed by atoms with Gasteiger partial charge in [0.1, 0.15) is 0 Å². The van der Waals surface area contributed by atoms with E-state index in [9.17, 15) is 19.5 Å². The summed E-state index contributed by atoms with van der Waals surface area (Å²) in [4.78, 5) is 35.4. The normalized spacial score (nSPS) is 11.5. The SMILES string of the molecule is Cc1ccc(C(=O)CCC(=O)NC(C(=O)O)c2ccccc2)cc1. The minimum Gasteiger partial charge on any atom is -0.479 e. The third kappa shape index (κ3) is 4.78. The third-order valence-electron chi connectivity index (χ3n) is 3.64. The Morgan fingerprint density at radius 2 is 1.58 bits per heavy atom. The number of rotatable bonds is 7. The Bertz CT molecular complexity index is 723. The maximum atomic E-state index is 12.1. The van der Waals surface area contributed by atoms with Crippen molar-refractivity contribution < 1.29 is 19.5 Å². The molecule has 0 fully saturated rings. The van der Waals surface area contributed by atoms with E-state index in [1.165, 1.54) is 0 Å². The zero-order chi connectivity index (χ0) is 17.5. The first-order chi connectivity index (χ1) is 11.5. The highest BCUT2D eigenvalue weighted by atomic mass is 16.4. The number of carbonyl (C=O) groups excluding carboxylic acids is 2. The van der Waals surface area contributed by atoms with Crippen LogP contribution in [0, 0.1) is 6.92 Å². The summed E-state index contributed by atoms with van der Waals surface area (Å²) in [5.41, 5.74) is 2.09. The van der Waals surface area contributed by atoms with Gasteiger partial charge in [0, 0.05) is 18.4 Å². The second kappa shape index (κ2) is 8.06. The highest BCUT2D eigenvalue weighted by molar-refractivity contribution is 5.98.